The Morgan fingerprint density at radius 2 is 2.12 bits per heavy atom. The van der Waals surface area contributed by atoms with Crippen molar-refractivity contribution >= 4 is 11.7 Å². The van der Waals surface area contributed by atoms with Crippen LogP contribution in [-0.2, 0) is 4.74 Å². The Labute approximate surface area is 153 Å². The van der Waals surface area contributed by atoms with E-state index in [0.717, 1.165) is 30.8 Å². The smallest absolute Gasteiger partial charge is 0.256 e. The molecule has 6 nitrogen and oxygen atoms in total. The molecule has 0 bridgehead atoms. The summed E-state index contributed by atoms with van der Waals surface area (Å²) >= 11 is 0. The lowest BCUT2D eigenvalue weighted by molar-refractivity contribution is 0.0949. The van der Waals surface area contributed by atoms with Gasteiger partial charge >= 0.3 is 0 Å². The van der Waals surface area contributed by atoms with Gasteiger partial charge in [0.25, 0.3) is 5.91 Å². The molecule has 1 aromatic heterocycles. The maximum Gasteiger partial charge on any atom is 0.256 e. The van der Waals surface area contributed by atoms with Crippen molar-refractivity contribution in [3.8, 4) is 11.4 Å². The summed E-state index contributed by atoms with van der Waals surface area (Å²) in [7, 11) is 0. The van der Waals surface area contributed by atoms with Gasteiger partial charge in [0.05, 0.1) is 13.2 Å². The van der Waals surface area contributed by atoms with E-state index in [0.29, 0.717) is 36.3 Å². The van der Waals surface area contributed by atoms with Gasteiger partial charge in [-0.1, -0.05) is 23.8 Å². The van der Waals surface area contributed by atoms with E-state index in [-0.39, 0.29) is 5.91 Å². The van der Waals surface area contributed by atoms with Crippen LogP contribution in [0.2, 0.25) is 0 Å². The van der Waals surface area contributed by atoms with Gasteiger partial charge in [-0.25, -0.2) is 9.97 Å². The summed E-state index contributed by atoms with van der Waals surface area (Å²) in [5.74, 6) is 1.90. The second kappa shape index (κ2) is 7.41. The first-order chi connectivity index (χ1) is 12.7. The summed E-state index contributed by atoms with van der Waals surface area (Å²) in [4.78, 5) is 24.1. The van der Waals surface area contributed by atoms with Gasteiger partial charge in [0.2, 0.25) is 0 Å². The van der Waals surface area contributed by atoms with E-state index < -0.39 is 0 Å². The molecule has 2 aliphatic rings. The molecule has 136 valence electrons. The Hall–Kier alpha value is -2.47. The second-order valence-electron chi connectivity index (χ2n) is 7.05. The van der Waals surface area contributed by atoms with Crippen LogP contribution >= 0.6 is 0 Å². The van der Waals surface area contributed by atoms with Crippen LogP contribution in [0.1, 0.15) is 28.8 Å². The lowest BCUT2D eigenvalue weighted by Gasteiger charge is -2.29. The lowest BCUT2D eigenvalue weighted by Crippen LogP contribution is -2.39. The van der Waals surface area contributed by atoms with Crippen molar-refractivity contribution in [3.05, 3.63) is 41.6 Å². The minimum atomic E-state index is -0.0887. The monoisotopic (exact) mass is 352 g/mol. The zero-order valence-corrected chi connectivity index (χ0v) is 15.1. The molecule has 0 unspecified atom stereocenters. The molecule has 0 spiro atoms. The zero-order chi connectivity index (χ0) is 17.9. The number of nitrogens with zero attached hydrogens (tertiary/aromatic N) is 3. The van der Waals surface area contributed by atoms with E-state index in [9.17, 15) is 4.79 Å². The molecule has 1 aromatic carbocycles. The minimum absolute atomic E-state index is 0.0887. The van der Waals surface area contributed by atoms with Crippen LogP contribution in [0.5, 0.6) is 0 Å². The SMILES string of the molecule is Cc1cccc(-c2ncc(C(=O)NCC3CC3)c(N3CCOCC3)n2)c1. The molecule has 2 aromatic rings. The third kappa shape index (κ3) is 3.85. The summed E-state index contributed by atoms with van der Waals surface area (Å²) < 4.78 is 5.45. The van der Waals surface area contributed by atoms with Crippen molar-refractivity contribution in [2.24, 2.45) is 5.92 Å². The normalized spacial score (nSPS) is 17.2. The Morgan fingerprint density at radius 1 is 1.31 bits per heavy atom. The van der Waals surface area contributed by atoms with Crippen molar-refractivity contribution in [1.82, 2.24) is 15.3 Å². The summed E-state index contributed by atoms with van der Waals surface area (Å²) in [5, 5.41) is 3.03. The first kappa shape index (κ1) is 17.0. The number of carbonyl (C=O) groups excluding carboxylic acids is 1. The van der Waals surface area contributed by atoms with Crippen LogP contribution in [0.3, 0.4) is 0 Å². The molecule has 1 amide bonds. The number of aryl methyl sites for hydroxylation is 1. The van der Waals surface area contributed by atoms with Crippen LogP contribution in [0, 0.1) is 12.8 Å². The van der Waals surface area contributed by atoms with Crippen molar-refractivity contribution < 1.29 is 9.53 Å². The van der Waals surface area contributed by atoms with Gasteiger partial charge in [0, 0.05) is 31.4 Å². The summed E-state index contributed by atoms with van der Waals surface area (Å²) in [6.45, 7) is 5.53. The molecule has 0 radical (unpaired) electrons. The highest BCUT2D eigenvalue weighted by Crippen LogP contribution is 2.28. The predicted molar refractivity (Wildman–Crippen MR) is 100 cm³/mol. The molecule has 1 aliphatic heterocycles. The van der Waals surface area contributed by atoms with Gasteiger partial charge in [0.1, 0.15) is 11.4 Å². The first-order valence-corrected chi connectivity index (χ1v) is 9.25. The fourth-order valence-corrected chi connectivity index (χ4v) is 3.13. The quantitative estimate of drug-likeness (QED) is 0.895. The van der Waals surface area contributed by atoms with Crippen LogP contribution in [0.4, 0.5) is 5.82 Å². The van der Waals surface area contributed by atoms with E-state index >= 15 is 0 Å². The molecule has 1 aliphatic carbocycles. The van der Waals surface area contributed by atoms with E-state index in [1.807, 2.05) is 25.1 Å². The average molecular weight is 352 g/mol. The van der Waals surface area contributed by atoms with Gasteiger partial charge in [-0.2, -0.15) is 0 Å². The molecule has 0 atom stereocenters. The fraction of sp³-hybridized carbons (Fsp3) is 0.450. The Bertz CT molecular complexity index is 798. The number of rotatable bonds is 5. The average Bonchev–Trinajstić information content (AvgIpc) is 3.51. The molecule has 1 N–H and O–H groups in total. The molecule has 2 heterocycles. The number of aromatic nitrogens is 2. The Kier molecular flexibility index (Phi) is 4.84. The number of carbonyl (C=O) groups is 1. The highest BCUT2D eigenvalue weighted by Gasteiger charge is 2.25. The van der Waals surface area contributed by atoms with Crippen molar-refractivity contribution in [1.29, 1.82) is 0 Å². The van der Waals surface area contributed by atoms with Crippen LogP contribution in [0.15, 0.2) is 30.5 Å². The van der Waals surface area contributed by atoms with Gasteiger partial charge in [-0.05, 0) is 31.7 Å². The number of nitrogens with one attached hydrogen (secondary N) is 1. The van der Waals surface area contributed by atoms with E-state index in [1.54, 1.807) is 6.20 Å². The number of ether oxygens (including phenoxy) is 1. The number of hydrogen-bond donors (Lipinski definition) is 1. The maximum absolute atomic E-state index is 12.7. The third-order valence-electron chi connectivity index (χ3n) is 4.85. The van der Waals surface area contributed by atoms with Gasteiger partial charge in [-0.15, -0.1) is 0 Å². The van der Waals surface area contributed by atoms with E-state index in [1.165, 1.54) is 12.8 Å². The molecule has 2 fully saturated rings. The standard InChI is InChI=1S/C20H24N4O2/c1-14-3-2-4-16(11-14)18-21-13-17(20(25)22-12-15-5-6-15)19(23-18)24-7-9-26-10-8-24/h2-4,11,13,15H,5-10,12H2,1H3,(H,22,25). The van der Waals surface area contributed by atoms with Crippen molar-refractivity contribution in [2.75, 3.05) is 37.7 Å². The topological polar surface area (TPSA) is 67.4 Å². The van der Waals surface area contributed by atoms with E-state index in [4.69, 9.17) is 9.72 Å². The molecule has 6 heteroatoms. The molecule has 26 heavy (non-hydrogen) atoms. The Morgan fingerprint density at radius 3 is 2.85 bits per heavy atom. The van der Waals surface area contributed by atoms with Crippen LogP contribution in [-0.4, -0.2) is 48.7 Å². The van der Waals surface area contributed by atoms with Crippen LogP contribution in [0.25, 0.3) is 11.4 Å². The number of amides is 1. The number of benzene rings is 1. The molecule has 1 saturated heterocycles. The second-order valence-corrected chi connectivity index (χ2v) is 7.05. The molecule has 4 rings (SSSR count). The van der Waals surface area contributed by atoms with Gasteiger partial charge in [0.15, 0.2) is 5.82 Å². The predicted octanol–water partition coefficient (Wildman–Crippen LogP) is 2.43. The molecule has 1 saturated carbocycles. The first-order valence-electron chi connectivity index (χ1n) is 9.25. The van der Waals surface area contributed by atoms with Crippen molar-refractivity contribution in [2.45, 2.75) is 19.8 Å². The third-order valence-corrected chi connectivity index (χ3v) is 4.85. The highest BCUT2D eigenvalue weighted by atomic mass is 16.5. The number of morpholine rings is 1. The largest absolute Gasteiger partial charge is 0.378 e. The number of hydrogen-bond acceptors (Lipinski definition) is 5. The molecular formula is C20H24N4O2. The highest BCUT2D eigenvalue weighted by molar-refractivity contribution is 5.99. The lowest BCUT2D eigenvalue weighted by atomic mass is 10.1. The van der Waals surface area contributed by atoms with E-state index in [2.05, 4.69) is 21.3 Å². The summed E-state index contributed by atoms with van der Waals surface area (Å²) in [6.07, 6.45) is 4.08. The summed E-state index contributed by atoms with van der Waals surface area (Å²) in [5.41, 5.74) is 2.67. The van der Waals surface area contributed by atoms with Crippen LogP contribution < -0.4 is 10.2 Å². The minimum Gasteiger partial charge on any atom is -0.378 e. The zero-order valence-electron chi connectivity index (χ0n) is 15.1. The molecular weight excluding hydrogens is 328 g/mol. The van der Waals surface area contributed by atoms with Gasteiger partial charge in [-0.3, -0.25) is 4.79 Å². The maximum atomic E-state index is 12.7. The van der Waals surface area contributed by atoms with Crippen molar-refractivity contribution in [3.63, 3.8) is 0 Å². The Balaban J connectivity index is 1.66. The fourth-order valence-electron chi connectivity index (χ4n) is 3.13. The number of anilines is 1. The summed E-state index contributed by atoms with van der Waals surface area (Å²) in [6, 6.07) is 8.11. The van der Waals surface area contributed by atoms with Gasteiger partial charge < -0.3 is 15.0 Å².